The molecule has 0 spiro atoms. The summed E-state index contributed by atoms with van der Waals surface area (Å²) in [4.78, 5) is 28.7. The van der Waals surface area contributed by atoms with Gasteiger partial charge in [-0.25, -0.2) is 8.96 Å². The molecule has 0 saturated heterocycles. The lowest BCUT2D eigenvalue weighted by Crippen LogP contribution is -2.50. The minimum atomic E-state index is -4.53. The van der Waals surface area contributed by atoms with Crippen molar-refractivity contribution in [3.63, 3.8) is 0 Å². The summed E-state index contributed by atoms with van der Waals surface area (Å²) < 4.78 is 39.7. The average Bonchev–Trinajstić information content (AvgIpc) is 2.42. The number of rotatable bonds is 8. The van der Waals surface area contributed by atoms with Gasteiger partial charge in [0.25, 0.3) is 0 Å². The summed E-state index contributed by atoms with van der Waals surface area (Å²) in [5, 5.41) is 0. The first-order valence-corrected chi connectivity index (χ1v) is 8.26. The Balaban J connectivity index is 2.68. The van der Waals surface area contributed by atoms with E-state index in [1.54, 1.807) is 0 Å². The molecule has 9 heteroatoms. The highest BCUT2D eigenvalue weighted by Gasteiger charge is 2.47. The van der Waals surface area contributed by atoms with E-state index in [9.17, 15) is 13.8 Å². The van der Waals surface area contributed by atoms with E-state index in [-0.39, 0.29) is 25.9 Å². The number of carbonyl (C=O) groups excluding carboxylic acids is 1. The van der Waals surface area contributed by atoms with E-state index in [4.69, 9.17) is 19.3 Å². The van der Waals surface area contributed by atoms with Crippen LogP contribution in [0.15, 0.2) is 0 Å². The minimum absolute atomic E-state index is 0.165. The van der Waals surface area contributed by atoms with E-state index < -0.39 is 31.5 Å². The van der Waals surface area contributed by atoms with Crippen LogP contribution in [0.1, 0.15) is 32.1 Å². The van der Waals surface area contributed by atoms with Crippen molar-refractivity contribution in [3.8, 4) is 0 Å². The van der Waals surface area contributed by atoms with Crippen molar-refractivity contribution >= 4 is 13.6 Å². The van der Waals surface area contributed by atoms with Crippen LogP contribution in [-0.2, 0) is 23.4 Å². The van der Waals surface area contributed by atoms with Gasteiger partial charge < -0.3 is 19.3 Å². The SMILES string of the molecule is COC(CCCOP(=O)(O)O)(OC)C1CCCC(=O)C1F. The van der Waals surface area contributed by atoms with Crippen molar-refractivity contribution in [2.24, 2.45) is 5.92 Å². The van der Waals surface area contributed by atoms with Crippen LogP contribution in [-0.4, -0.2) is 48.4 Å². The molecule has 0 heterocycles. The average molecular weight is 328 g/mol. The van der Waals surface area contributed by atoms with Crippen LogP contribution in [0.3, 0.4) is 0 Å². The Morgan fingerprint density at radius 1 is 1.38 bits per heavy atom. The number of carbonyl (C=O) groups is 1. The second kappa shape index (κ2) is 7.76. The van der Waals surface area contributed by atoms with Crippen molar-refractivity contribution in [3.05, 3.63) is 0 Å². The number of Topliss-reactive ketones (excluding diaryl/α,β-unsaturated/α-hetero) is 1. The molecule has 2 N–H and O–H groups in total. The largest absolute Gasteiger partial charge is 0.469 e. The Kier molecular flexibility index (Phi) is 6.90. The fourth-order valence-corrected chi connectivity index (χ4v) is 3.09. The molecule has 2 atom stereocenters. The van der Waals surface area contributed by atoms with Crippen LogP contribution in [0.2, 0.25) is 0 Å². The van der Waals surface area contributed by atoms with Gasteiger partial charge in [-0.1, -0.05) is 0 Å². The lowest BCUT2D eigenvalue weighted by atomic mass is 9.79. The summed E-state index contributed by atoms with van der Waals surface area (Å²) in [6.07, 6.45) is -0.0579. The summed E-state index contributed by atoms with van der Waals surface area (Å²) in [6, 6.07) is 0. The Hall–Kier alpha value is -0.370. The van der Waals surface area contributed by atoms with Crippen LogP contribution in [0.5, 0.6) is 0 Å². The third-order valence-electron chi connectivity index (χ3n) is 3.78. The Bertz CT molecular complexity index is 393. The van der Waals surface area contributed by atoms with E-state index in [1.807, 2.05) is 0 Å². The first-order chi connectivity index (χ1) is 9.75. The minimum Gasteiger partial charge on any atom is -0.353 e. The highest BCUT2D eigenvalue weighted by atomic mass is 31.2. The molecule has 1 aliphatic rings. The standard InChI is InChI=1S/C12H22FO7P/c1-18-12(19-2,7-4-8-20-21(15,16)17)9-5-3-6-10(14)11(9)13/h9,11H,3-8H2,1-2H3,(H2,15,16,17). The van der Waals surface area contributed by atoms with E-state index in [2.05, 4.69) is 4.52 Å². The Morgan fingerprint density at radius 2 is 2.00 bits per heavy atom. The van der Waals surface area contributed by atoms with Crippen LogP contribution < -0.4 is 0 Å². The molecule has 7 nitrogen and oxygen atoms in total. The van der Waals surface area contributed by atoms with Gasteiger partial charge in [-0.2, -0.15) is 0 Å². The van der Waals surface area contributed by atoms with E-state index in [1.165, 1.54) is 14.2 Å². The molecule has 124 valence electrons. The number of phosphoric ester groups is 1. The van der Waals surface area contributed by atoms with Crippen LogP contribution in [0.25, 0.3) is 0 Å². The normalized spacial score (nSPS) is 24.3. The predicted molar refractivity (Wildman–Crippen MR) is 71.2 cm³/mol. The molecule has 1 fully saturated rings. The first-order valence-electron chi connectivity index (χ1n) is 6.73. The van der Waals surface area contributed by atoms with E-state index in [0.717, 1.165) is 0 Å². The highest BCUT2D eigenvalue weighted by molar-refractivity contribution is 7.46. The zero-order valence-corrected chi connectivity index (χ0v) is 13.1. The molecule has 0 aromatic heterocycles. The van der Waals surface area contributed by atoms with Gasteiger partial charge in [0.2, 0.25) is 0 Å². The van der Waals surface area contributed by atoms with Crippen LogP contribution in [0.4, 0.5) is 4.39 Å². The third-order valence-corrected chi connectivity index (χ3v) is 4.30. The van der Waals surface area contributed by atoms with Crippen molar-refractivity contribution in [2.75, 3.05) is 20.8 Å². The molecule has 0 aliphatic heterocycles. The van der Waals surface area contributed by atoms with Crippen LogP contribution >= 0.6 is 7.82 Å². The molecular weight excluding hydrogens is 306 g/mol. The van der Waals surface area contributed by atoms with Crippen molar-refractivity contribution < 1.29 is 37.5 Å². The molecule has 0 aromatic carbocycles. The molecule has 0 aromatic rings. The maximum atomic E-state index is 14.1. The lowest BCUT2D eigenvalue weighted by molar-refractivity contribution is -0.257. The molecule has 0 amide bonds. The number of alkyl halides is 1. The zero-order valence-electron chi connectivity index (χ0n) is 12.2. The van der Waals surface area contributed by atoms with Gasteiger partial charge in [0.1, 0.15) is 0 Å². The summed E-state index contributed by atoms with van der Waals surface area (Å²) in [5.74, 6) is -2.49. The van der Waals surface area contributed by atoms with Gasteiger partial charge in [0.15, 0.2) is 17.7 Å². The summed E-state index contributed by atoms with van der Waals surface area (Å²) in [6.45, 7) is -0.212. The van der Waals surface area contributed by atoms with E-state index in [0.29, 0.717) is 12.8 Å². The molecule has 21 heavy (non-hydrogen) atoms. The fourth-order valence-electron chi connectivity index (χ4n) is 2.73. The van der Waals surface area contributed by atoms with Crippen molar-refractivity contribution in [2.45, 2.75) is 44.1 Å². The van der Waals surface area contributed by atoms with Gasteiger partial charge in [0.05, 0.1) is 12.5 Å². The number of halogens is 1. The Morgan fingerprint density at radius 3 is 2.52 bits per heavy atom. The third kappa shape index (κ3) is 5.09. The molecule has 1 aliphatic carbocycles. The molecule has 1 rings (SSSR count). The maximum absolute atomic E-state index is 14.1. The number of phosphoric acid groups is 1. The van der Waals surface area contributed by atoms with Gasteiger partial charge in [-0.05, 0) is 19.3 Å². The zero-order chi connectivity index (χ0) is 16.1. The quantitative estimate of drug-likeness (QED) is 0.396. The summed E-state index contributed by atoms with van der Waals surface area (Å²) in [7, 11) is -1.81. The lowest BCUT2D eigenvalue weighted by Gasteiger charge is -2.41. The number of ether oxygens (including phenoxy) is 2. The van der Waals surface area contributed by atoms with Crippen molar-refractivity contribution in [1.82, 2.24) is 0 Å². The van der Waals surface area contributed by atoms with Gasteiger partial charge in [-0.3, -0.25) is 9.32 Å². The maximum Gasteiger partial charge on any atom is 0.469 e. The molecular formula is C12H22FO7P. The molecule has 1 saturated carbocycles. The second-order valence-electron chi connectivity index (χ2n) is 5.01. The number of hydrogen-bond donors (Lipinski definition) is 2. The van der Waals surface area contributed by atoms with Crippen LogP contribution in [0, 0.1) is 5.92 Å². The monoisotopic (exact) mass is 328 g/mol. The second-order valence-corrected chi connectivity index (χ2v) is 6.25. The topological polar surface area (TPSA) is 102 Å². The van der Waals surface area contributed by atoms with Crippen molar-refractivity contribution in [1.29, 1.82) is 0 Å². The number of methoxy groups -OCH3 is 2. The van der Waals surface area contributed by atoms with Gasteiger partial charge in [-0.15, -0.1) is 0 Å². The molecule has 2 unspecified atom stereocenters. The summed E-state index contributed by atoms with van der Waals surface area (Å²) in [5.41, 5.74) is 0. The smallest absolute Gasteiger partial charge is 0.353 e. The van der Waals surface area contributed by atoms with Gasteiger partial charge >= 0.3 is 7.82 Å². The Labute approximate surface area is 123 Å². The first kappa shape index (κ1) is 18.7. The fraction of sp³-hybridized carbons (Fsp3) is 0.917. The predicted octanol–water partition coefficient (Wildman–Crippen LogP) is 1.57. The molecule has 0 radical (unpaired) electrons. The molecule has 0 bridgehead atoms. The summed E-state index contributed by atoms with van der Waals surface area (Å²) >= 11 is 0. The van der Waals surface area contributed by atoms with E-state index >= 15 is 0 Å². The number of ketones is 1. The number of hydrogen-bond acceptors (Lipinski definition) is 5. The highest BCUT2D eigenvalue weighted by Crippen LogP contribution is 2.40. The van der Waals surface area contributed by atoms with Gasteiger partial charge in [0, 0.05) is 27.1 Å².